The molecule has 1 N–H and O–H groups in total. The van der Waals surface area contributed by atoms with Crippen LogP contribution in [0, 0.1) is 5.92 Å². The average molecular weight is 355 g/mol. The second-order valence-corrected chi connectivity index (χ2v) is 6.23. The fourth-order valence-electron chi connectivity index (χ4n) is 2.98. The Morgan fingerprint density at radius 1 is 1.40 bits per heavy atom. The van der Waals surface area contributed by atoms with E-state index in [1.54, 1.807) is 12.1 Å². The lowest BCUT2D eigenvalue weighted by molar-refractivity contribution is -0.0512. The molecule has 1 fully saturated rings. The average Bonchev–Trinajstić information content (AvgIpc) is 2.58. The van der Waals surface area contributed by atoms with Crippen LogP contribution in [0.2, 0.25) is 0 Å². The Kier molecular flexibility index (Phi) is 7.28. The van der Waals surface area contributed by atoms with Gasteiger partial charge in [-0.15, -0.1) is 0 Å². The summed E-state index contributed by atoms with van der Waals surface area (Å²) in [5.41, 5.74) is 0.789. The third-order valence-electron chi connectivity index (χ3n) is 4.15. The Hall–Kier alpha value is -2.05. The molecule has 1 aliphatic rings. The Bertz CT molecular complexity index is 581. The van der Waals surface area contributed by atoms with Gasteiger partial charge in [-0.25, -0.2) is 4.99 Å². The lowest BCUT2D eigenvalue weighted by Gasteiger charge is -2.33. The van der Waals surface area contributed by atoms with Gasteiger partial charge in [-0.3, -0.25) is 0 Å². The number of alkyl halides is 2. The summed E-state index contributed by atoms with van der Waals surface area (Å²) < 4.78 is 34.7. The number of likely N-dealkylation sites (tertiary alicyclic amines) is 1. The predicted molar refractivity (Wildman–Crippen MR) is 94.4 cm³/mol. The SMILES string of the molecule is CCNC(=NCc1ccc(OC)c(OC(F)F)c1)N1CCCC(C)C1. The summed E-state index contributed by atoms with van der Waals surface area (Å²) in [6.45, 7) is 4.52. The second kappa shape index (κ2) is 9.44. The lowest BCUT2D eigenvalue weighted by atomic mass is 10.0. The molecule has 0 aliphatic carbocycles. The molecule has 1 aliphatic heterocycles. The van der Waals surface area contributed by atoms with Gasteiger partial charge in [0.1, 0.15) is 0 Å². The van der Waals surface area contributed by atoms with Gasteiger partial charge < -0.3 is 19.7 Å². The molecule has 0 saturated carbocycles. The standard InChI is InChI=1S/C18H27F2N3O2/c1-4-21-18(23-9-5-6-13(2)12-23)22-11-14-7-8-15(24-3)16(10-14)25-17(19)20/h7-8,10,13,17H,4-6,9,11-12H2,1-3H3,(H,21,22). The first kappa shape index (κ1) is 19.3. The van der Waals surface area contributed by atoms with Crippen LogP contribution in [0.5, 0.6) is 11.5 Å². The second-order valence-electron chi connectivity index (χ2n) is 6.23. The number of halogens is 2. The van der Waals surface area contributed by atoms with Crippen molar-refractivity contribution in [3.05, 3.63) is 23.8 Å². The first-order valence-corrected chi connectivity index (χ1v) is 8.68. The number of piperidine rings is 1. The first-order chi connectivity index (χ1) is 12.0. The number of methoxy groups -OCH3 is 1. The molecular weight excluding hydrogens is 328 g/mol. The molecule has 0 bridgehead atoms. The van der Waals surface area contributed by atoms with Crippen molar-refractivity contribution in [1.82, 2.24) is 10.2 Å². The number of benzene rings is 1. The summed E-state index contributed by atoms with van der Waals surface area (Å²) in [5, 5.41) is 3.31. The number of ether oxygens (including phenoxy) is 2. The number of guanidine groups is 1. The van der Waals surface area contributed by atoms with Crippen LogP contribution < -0.4 is 14.8 Å². The summed E-state index contributed by atoms with van der Waals surface area (Å²) in [7, 11) is 1.42. The molecule has 140 valence electrons. The van der Waals surface area contributed by atoms with Crippen molar-refractivity contribution in [2.45, 2.75) is 39.8 Å². The summed E-state index contributed by atoms with van der Waals surface area (Å²) in [5.74, 6) is 1.82. The van der Waals surface area contributed by atoms with Crippen LogP contribution in [0.3, 0.4) is 0 Å². The van der Waals surface area contributed by atoms with Crippen LogP contribution in [0.15, 0.2) is 23.2 Å². The third kappa shape index (κ3) is 5.76. The van der Waals surface area contributed by atoms with E-state index in [2.05, 4.69) is 26.9 Å². The van der Waals surface area contributed by atoms with Gasteiger partial charge in [0, 0.05) is 19.6 Å². The Morgan fingerprint density at radius 3 is 2.84 bits per heavy atom. The number of hydrogen-bond donors (Lipinski definition) is 1. The molecule has 1 aromatic rings. The topological polar surface area (TPSA) is 46.1 Å². The van der Waals surface area contributed by atoms with Gasteiger partial charge in [-0.1, -0.05) is 13.0 Å². The highest BCUT2D eigenvalue weighted by atomic mass is 19.3. The van der Waals surface area contributed by atoms with Gasteiger partial charge in [0.05, 0.1) is 13.7 Å². The highest BCUT2D eigenvalue weighted by Crippen LogP contribution is 2.29. The minimum Gasteiger partial charge on any atom is -0.493 e. The highest BCUT2D eigenvalue weighted by Gasteiger charge is 2.19. The van der Waals surface area contributed by atoms with Gasteiger partial charge in [0.2, 0.25) is 0 Å². The van der Waals surface area contributed by atoms with Crippen molar-refractivity contribution in [2.75, 3.05) is 26.7 Å². The monoisotopic (exact) mass is 355 g/mol. The van der Waals surface area contributed by atoms with Gasteiger partial charge in [0.15, 0.2) is 17.5 Å². The zero-order valence-corrected chi connectivity index (χ0v) is 15.1. The molecule has 5 nitrogen and oxygen atoms in total. The molecule has 0 amide bonds. The molecule has 1 atom stereocenters. The Balaban J connectivity index is 2.13. The maximum absolute atomic E-state index is 12.5. The van der Waals surface area contributed by atoms with E-state index in [0.717, 1.165) is 37.6 Å². The van der Waals surface area contributed by atoms with Gasteiger partial charge in [0.25, 0.3) is 0 Å². The fraction of sp³-hybridized carbons (Fsp3) is 0.611. The van der Waals surface area contributed by atoms with Gasteiger partial charge in [-0.05, 0) is 43.4 Å². The van der Waals surface area contributed by atoms with Crippen LogP contribution >= 0.6 is 0 Å². The van der Waals surface area contributed by atoms with Crippen LogP contribution in [-0.2, 0) is 6.54 Å². The Morgan fingerprint density at radius 2 is 2.20 bits per heavy atom. The molecule has 0 radical (unpaired) electrons. The molecule has 1 unspecified atom stereocenters. The zero-order chi connectivity index (χ0) is 18.2. The number of nitrogens with one attached hydrogen (secondary N) is 1. The van der Waals surface area contributed by atoms with Crippen LogP contribution in [0.4, 0.5) is 8.78 Å². The van der Waals surface area contributed by atoms with E-state index in [4.69, 9.17) is 4.74 Å². The van der Waals surface area contributed by atoms with Crippen molar-refractivity contribution in [1.29, 1.82) is 0 Å². The molecule has 25 heavy (non-hydrogen) atoms. The van der Waals surface area contributed by atoms with Crippen molar-refractivity contribution in [3.8, 4) is 11.5 Å². The lowest BCUT2D eigenvalue weighted by Crippen LogP contribution is -2.46. The molecule has 1 saturated heterocycles. The van der Waals surface area contributed by atoms with Crippen LogP contribution in [0.1, 0.15) is 32.3 Å². The van der Waals surface area contributed by atoms with Crippen molar-refractivity contribution >= 4 is 5.96 Å². The first-order valence-electron chi connectivity index (χ1n) is 8.68. The maximum Gasteiger partial charge on any atom is 0.387 e. The molecule has 0 spiro atoms. The molecule has 1 heterocycles. The molecule has 2 rings (SSSR count). The quantitative estimate of drug-likeness (QED) is 0.627. The molecule has 0 aromatic heterocycles. The number of aliphatic imine (C=N–C) groups is 1. The smallest absolute Gasteiger partial charge is 0.387 e. The summed E-state index contributed by atoms with van der Waals surface area (Å²) in [4.78, 5) is 6.93. The normalized spacial score (nSPS) is 18.4. The third-order valence-corrected chi connectivity index (χ3v) is 4.15. The van der Waals surface area contributed by atoms with E-state index in [1.165, 1.54) is 13.5 Å². The zero-order valence-electron chi connectivity index (χ0n) is 15.1. The van der Waals surface area contributed by atoms with E-state index >= 15 is 0 Å². The number of hydrogen-bond acceptors (Lipinski definition) is 3. The summed E-state index contributed by atoms with van der Waals surface area (Å²) >= 11 is 0. The van der Waals surface area contributed by atoms with Crippen molar-refractivity contribution in [2.24, 2.45) is 10.9 Å². The summed E-state index contributed by atoms with van der Waals surface area (Å²) in [6, 6.07) is 4.98. The minimum atomic E-state index is -2.89. The van der Waals surface area contributed by atoms with Gasteiger partial charge in [-0.2, -0.15) is 8.78 Å². The van der Waals surface area contributed by atoms with Crippen molar-refractivity contribution in [3.63, 3.8) is 0 Å². The largest absolute Gasteiger partial charge is 0.493 e. The van der Waals surface area contributed by atoms with Gasteiger partial charge >= 0.3 is 6.61 Å². The Labute approximate surface area is 148 Å². The van der Waals surface area contributed by atoms with E-state index in [9.17, 15) is 8.78 Å². The van der Waals surface area contributed by atoms with Crippen molar-refractivity contribution < 1.29 is 18.3 Å². The van der Waals surface area contributed by atoms with E-state index in [1.807, 2.05) is 13.0 Å². The van der Waals surface area contributed by atoms with E-state index in [0.29, 0.717) is 12.5 Å². The van der Waals surface area contributed by atoms with E-state index in [-0.39, 0.29) is 11.5 Å². The number of rotatable bonds is 6. The minimum absolute atomic E-state index is 0.0294. The molecule has 7 heteroatoms. The maximum atomic E-state index is 12.5. The number of nitrogens with zero attached hydrogens (tertiary/aromatic N) is 2. The molecular formula is C18H27F2N3O2. The molecule has 1 aromatic carbocycles. The van der Waals surface area contributed by atoms with Crippen LogP contribution in [0.25, 0.3) is 0 Å². The summed E-state index contributed by atoms with van der Waals surface area (Å²) in [6.07, 6.45) is 2.39. The van der Waals surface area contributed by atoms with Crippen LogP contribution in [-0.4, -0.2) is 44.2 Å². The highest BCUT2D eigenvalue weighted by molar-refractivity contribution is 5.80. The predicted octanol–water partition coefficient (Wildman–Crippen LogP) is 3.49. The van der Waals surface area contributed by atoms with E-state index < -0.39 is 6.61 Å². The fourth-order valence-corrected chi connectivity index (χ4v) is 2.98.